The third-order valence-corrected chi connectivity index (χ3v) is 5.09. The zero-order chi connectivity index (χ0) is 16.7. The summed E-state index contributed by atoms with van der Waals surface area (Å²) in [6.45, 7) is 6.20. The third-order valence-electron chi connectivity index (χ3n) is 5.09. The van der Waals surface area contributed by atoms with Gasteiger partial charge in [-0.05, 0) is 75.2 Å². The first-order chi connectivity index (χ1) is 11.6. The maximum Gasteiger partial charge on any atom is 0.144 e. The molecule has 1 aliphatic heterocycles. The Morgan fingerprint density at radius 2 is 1.79 bits per heavy atom. The molecule has 0 radical (unpaired) electrons. The lowest BCUT2D eigenvalue weighted by molar-refractivity contribution is 0.377. The Bertz CT molecular complexity index is 891. The molecule has 2 heterocycles. The van der Waals surface area contributed by atoms with Crippen LogP contribution in [0.1, 0.15) is 30.0 Å². The van der Waals surface area contributed by atoms with Gasteiger partial charge in [-0.2, -0.15) is 0 Å². The summed E-state index contributed by atoms with van der Waals surface area (Å²) in [5.41, 5.74) is 5.12. The molecule has 0 unspecified atom stereocenters. The van der Waals surface area contributed by atoms with Crippen molar-refractivity contribution in [3.05, 3.63) is 53.3 Å². The Hall–Kier alpha value is -2.20. The van der Waals surface area contributed by atoms with Crippen molar-refractivity contribution in [3.63, 3.8) is 0 Å². The van der Waals surface area contributed by atoms with E-state index in [-0.39, 0.29) is 5.82 Å². The minimum absolute atomic E-state index is 0.212. The summed E-state index contributed by atoms with van der Waals surface area (Å²) in [6, 6.07) is 11.6. The van der Waals surface area contributed by atoms with E-state index in [1.54, 1.807) is 6.07 Å². The molecule has 2 aromatic carbocycles. The number of aromatic nitrogens is 2. The molecule has 0 spiro atoms. The first-order valence-electron chi connectivity index (χ1n) is 8.60. The third kappa shape index (κ3) is 2.51. The van der Waals surface area contributed by atoms with Crippen LogP contribution in [0.15, 0.2) is 36.4 Å². The van der Waals surface area contributed by atoms with Gasteiger partial charge in [0, 0.05) is 6.04 Å². The highest BCUT2D eigenvalue weighted by Gasteiger charge is 2.23. The summed E-state index contributed by atoms with van der Waals surface area (Å²) in [6.07, 6.45) is 2.08. The Balaban J connectivity index is 1.99. The van der Waals surface area contributed by atoms with Crippen LogP contribution >= 0.6 is 0 Å². The topological polar surface area (TPSA) is 29.9 Å². The second-order valence-corrected chi connectivity index (χ2v) is 6.69. The van der Waals surface area contributed by atoms with Gasteiger partial charge in [0.05, 0.1) is 16.6 Å². The molecule has 0 bridgehead atoms. The first kappa shape index (κ1) is 15.3. The molecular weight excluding hydrogens is 301 g/mol. The second kappa shape index (κ2) is 6.02. The molecule has 4 rings (SSSR count). The summed E-state index contributed by atoms with van der Waals surface area (Å²) in [4.78, 5) is 4.82. The normalized spacial score (nSPS) is 16.0. The molecule has 3 aromatic rings. The Labute approximate surface area is 141 Å². The van der Waals surface area contributed by atoms with Gasteiger partial charge in [0.25, 0.3) is 0 Å². The van der Waals surface area contributed by atoms with Crippen LogP contribution in [-0.2, 0) is 0 Å². The molecule has 0 amide bonds. The van der Waals surface area contributed by atoms with Crippen LogP contribution < -0.4 is 5.32 Å². The number of fused-ring (bicyclic) bond motifs is 1. The summed E-state index contributed by atoms with van der Waals surface area (Å²) >= 11 is 0. The van der Waals surface area contributed by atoms with Gasteiger partial charge in [-0.15, -0.1) is 0 Å². The van der Waals surface area contributed by atoms with E-state index in [0.717, 1.165) is 42.8 Å². The quantitative estimate of drug-likeness (QED) is 0.758. The number of nitrogens with one attached hydrogen (secondary N) is 1. The highest BCUT2D eigenvalue weighted by molar-refractivity contribution is 5.82. The van der Waals surface area contributed by atoms with Gasteiger partial charge >= 0.3 is 0 Å². The van der Waals surface area contributed by atoms with E-state index < -0.39 is 0 Å². The number of hydrogen-bond donors (Lipinski definition) is 1. The van der Waals surface area contributed by atoms with Crippen molar-refractivity contribution in [3.8, 4) is 11.4 Å². The van der Waals surface area contributed by atoms with Gasteiger partial charge in [-0.25, -0.2) is 9.37 Å². The predicted molar refractivity (Wildman–Crippen MR) is 95.7 cm³/mol. The molecule has 24 heavy (non-hydrogen) atoms. The van der Waals surface area contributed by atoms with E-state index >= 15 is 0 Å². The highest BCUT2D eigenvalue weighted by Crippen LogP contribution is 2.34. The molecule has 4 heteroatoms. The smallest absolute Gasteiger partial charge is 0.144 e. The van der Waals surface area contributed by atoms with Crippen LogP contribution in [0.25, 0.3) is 22.4 Å². The van der Waals surface area contributed by atoms with Crippen LogP contribution in [0.3, 0.4) is 0 Å². The molecule has 0 saturated carbocycles. The SMILES string of the molecule is Cc1cc2nc(-c3ccccc3F)n(C3CCNCC3)c2cc1C. The lowest BCUT2D eigenvalue weighted by Crippen LogP contribution is -2.29. The number of nitrogens with zero attached hydrogens (tertiary/aromatic N) is 2. The summed E-state index contributed by atoms with van der Waals surface area (Å²) in [5.74, 6) is 0.538. The average molecular weight is 323 g/mol. The fourth-order valence-corrected chi connectivity index (χ4v) is 3.62. The van der Waals surface area contributed by atoms with Gasteiger partial charge < -0.3 is 9.88 Å². The molecule has 0 aliphatic carbocycles. The Kier molecular flexibility index (Phi) is 3.85. The summed E-state index contributed by atoms with van der Waals surface area (Å²) < 4.78 is 16.7. The van der Waals surface area contributed by atoms with Crippen molar-refractivity contribution in [2.45, 2.75) is 32.7 Å². The number of aryl methyl sites for hydroxylation is 2. The monoisotopic (exact) mass is 323 g/mol. The first-order valence-corrected chi connectivity index (χ1v) is 8.60. The lowest BCUT2D eigenvalue weighted by atomic mass is 10.0. The largest absolute Gasteiger partial charge is 0.321 e. The fraction of sp³-hybridized carbons (Fsp3) is 0.350. The number of hydrogen-bond acceptors (Lipinski definition) is 2. The van der Waals surface area contributed by atoms with E-state index in [4.69, 9.17) is 4.98 Å². The standard InChI is InChI=1S/C20H22FN3/c1-13-11-18-19(12-14(13)2)24(15-7-9-22-10-8-15)20(23-18)16-5-3-4-6-17(16)21/h3-6,11-12,15,22H,7-10H2,1-2H3. The van der Waals surface area contributed by atoms with Gasteiger partial charge in [0.15, 0.2) is 0 Å². The van der Waals surface area contributed by atoms with Gasteiger partial charge in [-0.1, -0.05) is 12.1 Å². The van der Waals surface area contributed by atoms with Crippen LogP contribution in [0, 0.1) is 19.7 Å². The average Bonchev–Trinajstić information content (AvgIpc) is 2.94. The molecule has 1 aromatic heterocycles. The maximum atomic E-state index is 14.4. The van der Waals surface area contributed by atoms with E-state index in [1.807, 2.05) is 12.1 Å². The van der Waals surface area contributed by atoms with E-state index in [0.29, 0.717) is 11.6 Å². The summed E-state index contributed by atoms with van der Waals surface area (Å²) in [5, 5.41) is 3.41. The van der Waals surface area contributed by atoms with Crippen LogP contribution in [0.2, 0.25) is 0 Å². The fourth-order valence-electron chi connectivity index (χ4n) is 3.62. The van der Waals surface area contributed by atoms with Crippen molar-refractivity contribution in [1.29, 1.82) is 0 Å². The van der Waals surface area contributed by atoms with Crippen LogP contribution in [-0.4, -0.2) is 22.6 Å². The van der Waals surface area contributed by atoms with E-state index in [9.17, 15) is 4.39 Å². The van der Waals surface area contributed by atoms with Crippen molar-refractivity contribution < 1.29 is 4.39 Å². The molecule has 1 saturated heterocycles. The van der Waals surface area contributed by atoms with Crippen LogP contribution in [0.5, 0.6) is 0 Å². The molecule has 1 N–H and O–H groups in total. The molecule has 1 fully saturated rings. The number of rotatable bonds is 2. The maximum absolute atomic E-state index is 14.4. The van der Waals surface area contributed by atoms with Crippen molar-refractivity contribution in [1.82, 2.24) is 14.9 Å². The Morgan fingerprint density at radius 3 is 2.54 bits per heavy atom. The van der Waals surface area contributed by atoms with Gasteiger partial charge in [0.1, 0.15) is 11.6 Å². The molecular formula is C20H22FN3. The minimum atomic E-state index is -0.212. The molecule has 124 valence electrons. The zero-order valence-electron chi connectivity index (χ0n) is 14.1. The number of imidazole rings is 1. The molecule has 1 aliphatic rings. The van der Waals surface area contributed by atoms with Crippen LogP contribution in [0.4, 0.5) is 4.39 Å². The highest BCUT2D eigenvalue weighted by atomic mass is 19.1. The Morgan fingerprint density at radius 1 is 1.08 bits per heavy atom. The van der Waals surface area contributed by atoms with Crippen molar-refractivity contribution in [2.24, 2.45) is 0 Å². The van der Waals surface area contributed by atoms with Gasteiger partial charge in [0.2, 0.25) is 0 Å². The number of halogens is 1. The van der Waals surface area contributed by atoms with Gasteiger partial charge in [-0.3, -0.25) is 0 Å². The van der Waals surface area contributed by atoms with Crippen molar-refractivity contribution in [2.75, 3.05) is 13.1 Å². The summed E-state index contributed by atoms with van der Waals surface area (Å²) in [7, 11) is 0. The van der Waals surface area contributed by atoms with Crippen molar-refractivity contribution >= 4 is 11.0 Å². The zero-order valence-corrected chi connectivity index (χ0v) is 14.1. The minimum Gasteiger partial charge on any atom is -0.321 e. The predicted octanol–water partition coefficient (Wildman–Crippen LogP) is 4.38. The number of benzene rings is 2. The van der Waals surface area contributed by atoms with E-state index in [1.165, 1.54) is 17.2 Å². The second-order valence-electron chi connectivity index (χ2n) is 6.69. The number of piperidine rings is 1. The van der Waals surface area contributed by atoms with E-state index in [2.05, 4.69) is 35.9 Å². The molecule has 0 atom stereocenters. The lowest BCUT2D eigenvalue weighted by Gasteiger charge is -2.26. The molecule has 3 nitrogen and oxygen atoms in total.